The Labute approximate surface area is 113 Å². The van der Waals surface area contributed by atoms with E-state index in [0.29, 0.717) is 5.52 Å². The highest BCUT2D eigenvalue weighted by molar-refractivity contribution is 6.05. The van der Waals surface area contributed by atoms with E-state index in [-0.39, 0.29) is 5.56 Å². The highest BCUT2D eigenvalue weighted by Gasteiger charge is 2.08. The molecule has 0 aliphatic rings. The van der Waals surface area contributed by atoms with E-state index in [0.717, 1.165) is 27.5 Å². The van der Waals surface area contributed by atoms with Gasteiger partial charge in [0.25, 0.3) is 5.56 Å². The summed E-state index contributed by atoms with van der Waals surface area (Å²) in [5.41, 5.74) is 3.30. The number of nitrogens with one attached hydrogen (secondary N) is 2. The average molecular weight is 264 g/mol. The van der Waals surface area contributed by atoms with Crippen LogP contribution in [0.1, 0.15) is 0 Å². The van der Waals surface area contributed by atoms with Crippen molar-refractivity contribution in [2.75, 3.05) is 0 Å². The van der Waals surface area contributed by atoms with Gasteiger partial charge in [-0.2, -0.15) is 5.10 Å². The van der Waals surface area contributed by atoms with Crippen molar-refractivity contribution < 1.29 is 0 Å². The van der Waals surface area contributed by atoms with Crippen molar-refractivity contribution in [2.24, 2.45) is 7.05 Å². The topological polar surface area (TPSA) is 66.5 Å². The summed E-state index contributed by atoms with van der Waals surface area (Å²) in [5.74, 6) is 0. The van der Waals surface area contributed by atoms with E-state index in [9.17, 15) is 4.79 Å². The number of aryl methyl sites for hydroxylation is 1. The second kappa shape index (κ2) is 3.84. The number of aromatic nitrogens is 4. The third-order valence-electron chi connectivity index (χ3n) is 3.54. The maximum atomic E-state index is 11.9. The van der Waals surface area contributed by atoms with Crippen LogP contribution in [0.4, 0.5) is 0 Å². The zero-order chi connectivity index (χ0) is 13.7. The third kappa shape index (κ3) is 1.50. The summed E-state index contributed by atoms with van der Waals surface area (Å²) in [5, 5.41) is 6.36. The van der Waals surface area contributed by atoms with E-state index in [1.54, 1.807) is 10.9 Å². The lowest BCUT2D eigenvalue weighted by atomic mass is 10.1. The Kier molecular flexibility index (Phi) is 2.12. The molecule has 5 nitrogen and oxygen atoms in total. The van der Waals surface area contributed by atoms with Gasteiger partial charge in [0.1, 0.15) is 5.52 Å². The van der Waals surface area contributed by atoms with Gasteiger partial charge in [-0.05, 0) is 24.3 Å². The summed E-state index contributed by atoms with van der Waals surface area (Å²) in [6.07, 6.45) is 3.70. The predicted octanol–water partition coefficient (Wildman–Crippen LogP) is 2.41. The molecule has 1 aromatic carbocycles. The number of H-pyrrole nitrogens is 2. The molecule has 3 heterocycles. The van der Waals surface area contributed by atoms with E-state index >= 15 is 0 Å². The fourth-order valence-corrected chi connectivity index (χ4v) is 2.57. The molecule has 98 valence electrons. The van der Waals surface area contributed by atoms with Crippen molar-refractivity contribution in [2.45, 2.75) is 0 Å². The number of hydrogen-bond donors (Lipinski definition) is 2. The van der Waals surface area contributed by atoms with E-state index < -0.39 is 0 Å². The Bertz CT molecular complexity index is 990. The van der Waals surface area contributed by atoms with Crippen LogP contribution in [-0.2, 0) is 7.05 Å². The van der Waals surface area contributed by atoms with Gasteiger partial charge in [-0.1, -0.05) is 6.07 Å². The Morgan fingerprint density at radius 3 is 2.85 bits per heavy atom. The molecule has 0 unspecified atom stereocenters. The molecule has 0 spiro atoms. The molecule has 0 atom stereocenters. The van der Waals surface area contributed by atoms with Crippen molar-refractivity contribution in [1.82, 2.24) is 19.7 Å². The normalized spacial score (nSPS) is 11.4. The van der Waals surface area contributed by atoms with Crippen LogP contribution < -0.4 is 5.56 Å². The molecule has 0 aliphatic heterocycles. The monoisotopic (exact) mass is 264 g/mol. The van der Waals surface area contributed by atoms with Crippen molar-refractivity contribution in [1.29, 1.82) is 0 Å². The largest absolute Gasteiger partial charge is 0.357 e. The fourth-order valence-electron chi connectivity index (χ4n) is 2.57. The summed E-state index contributed by atoms with van der Waals surface area (Å²) < 4.78 is 1.78. The molecular formula is C15H12N4O. The van der Waals surface area contributed by atoms with Crippen LogP contribution in [0.5, 0.6) is 0 Å². The molecule has 4 aromatic rings. The smallest absolute Gasteiger partial charge is 0.272 e. The molecule has 0 saturated carbocycles. The summed E-state index contributed by atoms with van der Waals surface area (Å²) in [6, 6.07) is 9.85. The van der Waals surface area contributed by atoms with E-state index in [4.69, 9.17) is 0 Å². The van der Waals surface area contributed by atoms with Crippen molar-refractivity contribution >= 4 is 21.8 Å². The maximum Gasteiger partial charge on any atom is 0.272 e. The summed E-state index contributed by atoms with van der Waals surface area (Å²) in [4.78, 5) is 17.8. The third-order valence-corrected chi connectivity index (χ3v) is 3.54. The lowest BCUT2D eigenvalue weighted by Gasteiger charge is -2.03. The van der Waals surface area contributed by atoms with Crippen LogP contribution in [0.15, 0.2) is 47.5 Å². The minimum atomic E-state index is -0.0944. The summed E-state index contributed by atoms with van der Waals surface area (Å²) in [7, 11) is 1.90. The quantitative estimate of drug-likeness (QED) is 0.554. The first kappa shape index (κ1) is 11.0. The van der Waals surface area contributed by atoms with Crippen LogP contribution in [0, 0.1) is 0 Å². The second-order valence-electron chi connectivity index (χ2n) is 4.86. The molecule has 5 heteroatoms. The molecule has 20 heavy (non-hydrogen) atoms. The van der Waals surface area contributed by atoms with E-state index in [1.165, 1.54) is 0 Å². The number of benzene rings is 1. The second-order valence-corrected chi connectivity index (χ2v) is 4.86. The molecule has 0 aliphatic carbocycles. The summed E-state index contributed by atoms with van der Waals surface area (Å²) >= 11 is 0. The molecule has 0 bridgehead atoms. The van der Waals surface area contributed by atoms with Crippen LogP contribution in [0.3, 0.4) is 0 Å². The van der Waals surface area contributed by atoms with Gasteiger partial charge in [-0.15, -0.1) is 0 Å². The number of hydrogen-bond acceptors (Lipinski definition) is 2. The lowest BCUT2D eigenvalue weighted by molar-refractivity contribution is 0.771. The molecule has 0 radical (unpaired) electrons. The van der Waals surface area contributed by atoms with Gasteiger partial charge in [0, 0.05) is 41.3 Å². The van der Waals surface area contributed by atoms with Gasteiger partial charge in [0.15, 0.2) is 0 Å². The Hall–Kier alpha value is -2.82. The molecule has 2 N–H and O–H groups in total. The standard InChI is InChI=1S/C15H12N4O/c1-19-7-5-12(18-19)9-2-3-13-11(8-9)10-4-6-16-14(10)15(20)17-13/h2-8,16H,1H3,(H,17,20). The van der Waals surface area contributed by atoms with Gasteiger partial charge in [0.05, 0.1) is 5.69 Å². The van der Waals surface area contributed by atoms with Gasteiger partial charge in [-0.25, -0.2) is 0 Å². The minimum absolute atomic E-state index is 0.0944. The Morgan fingerprint density at radius 1 is 1.15 bits per heavy atom. The summed E-state index contributed by atoms with van der Waals surface area (Å²) in [6.45, 7) is 0. The van der Waals surface area contributed by atoms with Crippen molar-refractivity contribution in [3.05, 3.63) is 53.1 Å². The Balaban J connectivity index is 2.08. The number of nitrogens with zero attached hydrogens (tertiary/aromatic N) is 2. The Morgan fingerprint density at radius 2 is 2.05 bits per heavy atom. The highest BCUT2D eigenvalue weighted by Crippen LogP contribution is 2.26. The zero-order valence-electron chi connectivity index (χ0n) is 10.8. The van der Waals surface area contributed by atoms with Crippen molar-refractivity contribution in [3.8, 4) is 11.3 Å². The number of rotatable bonds is 1. The van der Waals surface area contributed by atoms with Gasteiger partial charge >= 0.3 is 0 Å². The number of aromatic amines is 2. The molecule has 0 amide bonds. The predicted molar refractivity (Wildman–Crippen MR) is 78.6 cm³/mol. The van der Waals surface area contributed by atoms with Crippen LogP contribution >= 0.6 is 0 Å². The number of pyridine rings is 1. The first-order valence-electron chi connectivity index (χ1n) is 6.35. The lowest BCUT2D eigenvalue weighted by Crippen LogP contribution is -2.05. The van der Waals surface area contributed by atoms with E-state index in [2.05, 4.69) is 21.1 Å². The minimum Gasteiger partial charge on any atom is -0.357 e. The van der Waals surface area contributed by atoms with Gasteiger partial charge in [0.2, 0.25) is 0 Å². The first-order chi connectivity index (χ1) is 9.72. The molecular weight excluding hydrogens is 252 g/mol. The van der Waals surface area contributed by atoms with Gasteiger partial charge < -0.3 is 9.97 Å². The van der Waals surface area contributed by atoms with E-state index in [1.807, 2.05) is 37.5 Å². The van der Waals surface area contributed by atoms with Crippen LogP contribution in [0.2, 0.25) is 0 Å². The van der Waals surface area contributed by atoms with Gasteiger partial charge in [-0.3, -0.25) is 9.48 Å². The van der Waals surface area contributed by atoms with Crippen molar-refractivity contribution in [3.63, 3.8) is 0 Å². The van der Waals surface area contributed by atoms with Crippen LogP contribution in [0.25, 0.3) is 33.1 Å². The molecule has 4 rings (SSSR count). The molecule has 3 aromatic heterocycles. The van der Waals surface area contributed by atoms with Crippen LogP contribution in [-0.4, -0.2) is 19.7 Å². The average Bonchev–Trinajstić information content (AvgIpc) is 3.07. The first-order valence-corrected chi connectivity index (χ1v) is 6.35. The molecule has 0 saturated heterocycles. The number of fused-ring (bicyclic) bond motifs is 3. The SMILES string of the molecule is Cn1ccc(-c2ccc3[nH]c(=O)c4[nH]ccc4c3c2)n1. The molecule has 0 fully saturated rings. The highest BCUT2D eigenvalue weighted by atomic mass is 16.1. The zero-order valence-corrected chi connectivity index (χ0v) is 10.8. The fraction of sp³-hybridized carbons (Fsp3) is 0.0667. The maximum absolute atomic E-state index is 11.9.